The monoisotopic (exact) mass is 510 g/mol. The molecule has 0 spiro atoms. The third-order valence-corrected chi connectivity index (χ3v) is 6.66. The first-order valence-electron chi connectivity index (χ1n) is 13.0. The van der Waals surface area contributed by atoms with E-state index in [2.05, 4.69) is 9.88 Å². The van der Waals surface area contributed by atoms with Crippen molar-refractivity contribution in [2.75, 3.05) is 13.2 Å². The molecule has 3 atom stereocenters. The average molecular weight is 511 g/mol. The molecule has 0 aliphatic carbocycles. The van der Waals surface area contributed by atoms with Gasteiger partial charge in [0.25, 0.3) is 5.56 Å². The first-order valence-corrected chi connectivity index (χ1v) is 13.0. The zero-order valence-electron chi connectivity index (χ0n) is 22.4. The highest BCUT2D eigenvalue weighted by molar-refractivity contribution is 5.81. The highest BCUT2D eigenvalue weighted by atomic mass is 16.5. The molecule has 1 aromatic carbocycles. The Balaban J connectivity index is 1.63. The lowest BCUT2D eigenvalue weighted by molar-refractivity contribution is -0.150. The van der Waals surface area contributed by atoms with Gasteiger partial charge in [0, 0.05) is 37.5 Å². The van der Waals surface area contributed by atoms with Crippen LogP contribution in [0.15, 0.2) is 35.3 Å². The maximum absolute atomic E-state index is 12.5. The van der Waals surface area contributed by atoms with Crippen LogP contribution in [-0.2, 0) is 34.4 Å². The van der Waals surface area contributed by atoms with E-state index in [4.69, 9.17) is 14.5 Å². The molecule has 2 aromatic heterocycles. The van der Waals surface area contributed by atoms with Crippen molar-refractivity contribution in [3.8, 4) is 11.4 Å². The molecule has 1 aliphatic rings. The maximum Gasteiger partial charge on any atom is 0.325 e. The van der Waals surface area contributed by atoms with Crippen LogP contribution < -0.4 is 10.9 Å². The van der Waals surface area contributed by atoms with Gasteiger partial charge in [-0.15, -0.1) is 0 Å². The molecule has 2 N–H and O–H groups in total. The molecule has 3 aromatic rings. The van der Waals surface area contributed by atoms with Gasteiger partial charge in [0.2, 0.25) is 0 Å². The molecular weight excluding hydrogens is 472 g/mol. The number of aliphatic hydroxyl groups excluding tert-OH is 1. The summed E-state index contributed by atoms with van der Waals surface area (Å²) >= 11 is 0. The number of fused-ring (bicyclic) bond motifs is 1. The molecule has 1 fully saturated rings. The van der Waals surface area contributed by atoms with Gasteiger partial charge in [0.05, 0.1) is 36.4 Å². The van der Waals surface area contributed by atoms with Crippen LogP contribution in [0.3, 0.4) is 0 Å². The third kappa shape index (κ3) is 6.29. The molecule has 3 heterocycles. The maximum atomic E-state index is 12.5. The normalized spacial score (nSPS) is 17.4. The van der Waals surface area contributed by atoms with E-state index in [1.165, 1.54) is 0 Å². The van der Waals surface area contributed by atoms with Crippen molar-refractivity contribution >= 4 is 17.0 Å². The second kappa shape index (κ2) is 11.6. The van der Waals surface area contributed by atoms with Gasteiger partial charge in [-0.2, -0.15) is 0 Å². The highest BCUT2D eigenvalue weighted by Crippen LogP contribution is 2.28. The summed E-state index contributed by atoms with van der Waals surface area (Å²) in [5.74, 6) is 0.544. The van der Waals surface area contributed by atoms with Gasteiger partial charge >= 0.3 is 5.97 Å². The zero-order chi connectivity index (χ0) is 26.7. The number of carbonyl (C=O) groups is 1. The first kappa shape index (κ1) is 27.0. The van der Waals surface area contributed by atoms with Crippen LogP contribution in [-0.4, -0.2) is 56.7 Å². The number of aryl methyl sites for hydroxylation is 2. The number of esters is 1. The summed E-state index contributed by atoms with van der Waals surface area (Å²) in [6.07, 6.45) is 3.09. The number of rotatable bonds is 10. The summed E-state index contributed by atoms with van der Waals surface area (Å²) in [4.78, 5) is 29.7. The average Bonchev–Trinajstić information content (AvgIpc) is 3.49. The molecule has 0 bridgehead atoms. The Bertz CT molecular complexity index is 1280. The van der Waals surface area contributed by atoms with Crippen molar-refractivity contribution in [3.63, 3.8) is 0 Å². The molecule has 200 valence electrons. The Morgan fingerprint density at radius 2 is 2.08 bits per heavy atom. The van der Waals surface area contributed by atoms with Gasteiger partial charge in [-0.3, -0.25) is 14.9 Å². The first-order chi connectivity index (χ1) is 17.6. The number of aromatic nitrogens is 3. The van der Waals surface area contributed by atoms with Crippen molar-refractivity contribution in [2.45, 2.75) is 71.9 Å². The number of hydrogen-bond donors (Lipinski definition) is 2. The molecule has 0 radical (unpaired) electrons. The Labute approximate surface area is 217 Å². The van der Waals surface area contributed by atoms with E-state index in [-0.39, 0.29) is 17.6 Å². The minimum Gasteiger partial charge on any atom is -0.464 e. The van der Waals surface area contributed by atoms with E-state index in [9.17, 15) is 14.7 Å². The fraction of sp³-hybridized carbons (Fsp3) is 0.536. The third-order valence-electron chi connectivity index (χ3n) is 6.66. The van der Waals surface area contributed by atoms with Crippen LogP contribution in [0.1, 0.15) is 44.7 Å². The van der Waals surface area contributed by atoms with Crippen LogP contribution in [0.25, 0.3) is 22.4 Å². The number of pyridine rings is 1. The van der Waals surface area contributed by atoms with Gasteiger partial charge in [-0.05, 0) is 56.4 Å². The standard InChI is InChI=1S/C28H38N4O5/c1-17(2)16-37-28(35)25(19(4)33)29-13-20-8-9-24-23(12-20)30-26(32(24)15-22-7-6-10-36-22)21-11-18(3)27(34)31(5)14-21/h8-9,11-12,14,17,19,22,25,29,33H,6-7,10,13,15-16H2,1-5H3/t19-,22+,25+/m1/s1. The Hall–Kier alpha value is -3.01. The van der Waals surface area contributed by atoms with Gasteiger partial charge in [0.1, 0.15) is 11.9 Å². The zero-order valence-corrected chi connectivity index (χ0v) is 22.4. The largest absolute Gasteiger partial charge is 0.464 e. The molecule has 1 saturated heterocycles. The number of benzene rings is 1. The fourth-order valence-corrected chi connectivity index (χ4v) is 4.70. The van der Waals surface area contributed by atoms with Crippen molar-refractivity contribution < 1.29 is 19.4 Å². The van der Waals surface area contributed by atoms with Gasteiger partial charge in [-0.25, -0.2) is 4.98 Å². The number of ether oxygens (including phenoxy) is 2. The van der Waals surface area contributed by atoms with Crippen LogP contribution in [0.4, 0.5) is 0 Å². The molecule has 0 unspecified atom stereocenters. The molecule has 0 amide bonds. The molecule has 37 heavy (non-hydrogen) atoms. The van der Waals surface area contributed by atoms with E-state index in [0.717, 1.165) is 47.4 Å². The topological polar surface area (TPSA) is 108 Å². The molecule has 9 nitrogen and oxygen atoms in total. The van der Waals surface area contributed by atoms with Crippen LogP contribution in [0, 0.1) is 12.8 Å². The Kier molecular flexibility index (Phi) is 8.46. The summed E-state index contributed by atoms with van der Waals surface area (Å²) in [7, 11) is 1.75. The number of hydrogen-bond acceptors (Lipinski definition) is 7. The van der Waals surface area contributed by atoms with Crippen molar-refractivity contribution in [2.24, 2.45) is 13.0 Å². The lowest BCUT2D eigenvalue weighted by atomic mass is 10.1. The molecule has 1 aliphatic heterocycles. The predicted molar refractivity (Wildman–Crippen MR) is 142 cm³/mol. The summed E-state index contributed by atoms with van der Waals surface area (Å²) in [5, 5.41) is 13.3. The van der Waals surface area contributed by atoms with Gasteiger partial charge in [0.15, 0.2) is 0 Å². The second-order valence-electron chi connectivity index (χ2n) is 10.5. The van der Waals surface area contributed by atoms with Crippen molar-refractivity contribution in [1.29, 1.82) is 0 Å². The number of carbonyl (C=O) groups excluding carboxylic acids is 1. The summed E-state index contributed by atoms with van der Waals surface area (Å²) in [6, 6.07) is 7.08. The Morgan fingerprint density at radius 1 is 1.30 bits per heavy atom. The number of aliphatic hydroxyl groups is 1. The van der Waals surface area contributed by atoms with Gasteiger partial charge < -0.3 is 23.7 Å². The molecule has 9 heteroatoms. The van der Waals surface area contributed by atoms with E-state index < -0.39 is 18.1 Å². The molecule has 0 saturated carbocycles. The van der Waals surface area contributed by atoms with Crippen LogP contribution in [0.2, 0.25) is 0 Å². The number of nitrogens with one attached hydrogen (secondary N) is 1. The summed E-state index contributed by atoms with van der Waals surface area (Å²) in [6.45, 7) is 9.45. The minimum absolute atomic E-state index is 0.0292. The lowest BCUT2D eigenvalue weighted by Gasteiger charge is -2.20. The van der Waals surface area contributed by atoms with E-state index in [1.54, 1.807) is 18.5 Å². The van der Waals surface area contributed by atoms with E-state index >= 15 is 0 Å². The molecule has 4 rings (SSSR count). The van der Waals surface area contributed by atoms with Gasteiger partial charge in [-0.1, -0.05) is 19.9 Å². The summed E-state index contributed by atoms with van der Waals surface area (Å²) in [5.41, 5.74) is 4.22. The summed E-state index contributed by atoms with van der Waals surface area (Å²) < 4.78 is 15.0. The van der Waals surface area contributed by atoms with E-state index in [1.807, 2.05) is 51.2 Å². The quantitative estimate of drug-likeness (QED) is 0.404. The van der Waals surface area contributed by atoms with Crippen LogP contribution in [0.5, 0.6) is 0 Å². The van der Waals surface area contributed by atoms with E-state index in [0.29, 0.717) is 25.3 Å². The minimum atomic E-state index is -0.895. The second-order valence-corrected chi connectivity index (χ2v) is 10.5. The highest BCUT2D eigenvalue weighted by Gasteiger charge is 2.25. The number of imidazole rings is 1. The Morgan fingerprint density at radius 3 is 2.73 bits per heavy atom. The van der Waals surface area contributed by atoms with Crippen molar-refractivity contribution in [1.82, 2.24) is 19.4 Å². The fourth-order valence-electron chi connectivity index (χ4n) is 4.70. The number of nitrogens with zero attached hydrogens (tertiary/aromatic N) is 3. The SMILES string of the molecule is Cc1cc(-c2nc3cc(CN[C@H](C(=O)OCC(C)C)[C@@H](C)O)ccc3n2C[C@@H]2CCCO2)cn(C)c1=O. The van der Waals surface area contributed by atoms with Crippen molar-refractivity contribution in [3.05, 3.63) is 51.9 Å². The smallest absolute Gasteiger partial charge is 0.325 e. The lowest BCUT2D eigenvalue weighted by Crippen LogP contribution is -2.45. The predicted octanol–water partition coefficient (Wildman–Crippen LogP) is 2.93. The van der Waals surface area contributed by atoms with Crippen LogP contribution >= 0.6 is 0 Å². The molecular formula is C28H38N4O5.